The van der Waals surface area contributed by atoms with Gasteiger partial charge in [0.15, 0.2) is 5.96 Å². The van der Waals surface area contributed by atoms with E-state index in [1.807, 2.05) is 19.6 Å². The minimum atomic E-state index is 0.467. The summed E-state index contributed by atoms with van der Waals surface area (Å²) in [4.78, 5) is 13.7. The predicted octanol–water partition coefficient (Wildman–Crippen LogP) is 2.61. The highest BCUT2D eigenvalue weighted by molar-refractivity contribution is 5.80. The Labute approximate surface area is 158 Å². The van der Waals surface area contributed by atoms with Crippen LogP contribution in [0.25, 0.3) is 0 Å². The van der Waals surface area contributed by atoms with Gasteiger partial charge in [-0.15, -0.1) is 0 Å². The zero-order valence-electron chi connectivity index (χ0n) is 16.8. The van der Waals surface area contributed by atoms with Gasteiger partial charge in [0, 0.05) is 51.7 Å². The van der Waals surface area contributed by atoms with Gasteiger partial charge < -0.3 is 19.7 Å². The molecule has 0 aromatic carbocycles. The summed E-state index contributed by atoms with van der Waals surface area (Å²) in [5.74, 6) is 1.70. The van der Waals surface area contributed by atoms with Gasteiger partial charge in [0.1, 0.15) is 0 Å². The van der Waals surface area contributed by atoms with Gasteiger partial charge in [-0.25, -0.2) is 4.98 Å². The molecule has 1 aliphatic heterocycles. The van der Waals surface area contributed by atoms with E-state index in [0.717, 1.165) is 38.2 Å². The highest BCUT2D eigenvalue weighted by atomic mass is 15.3. The highest BCUT2D eigenvalue weighted by Gasteiger charge is 2.29. The lowest BCUT2D eigenvalue weighted by Crippen LogP contribution is -2.50. The summed E-state index contributed by atoms with van der Waals surface area (Å²) in [6, 6.07) is 1.24. The molecule has 0 radical (unpaired) electrons. The van der Waals surface area contributed by atoms with Crippen LogP contribution in [0, 0.1) is 5.92 Å². The van der Waals surface area contributed by atoms with E-state index >= 15 is 0 Å². The fourth-order valence-corrected chi connectivity index (χ4v) is 4.48. The highest BCUT2D eigenvalue weighted by Crippen LogP contribution is 2.27. The predicted molar refractivity (Wildman–Crippen MR) is 107 cm³/mol. The maximum atomic E-state index is 4.55. The third kappa shape index (κ3) is 4.78. The summed E-state index contributed by atoms with van der Waals surface area (Å²) >= 11 is 0. The quantitative estimate of drug-likeness (QED) is 0.648. The molecule has 1 saturated heterocycles. The van der Waals surface area contributed by atoms with E-state index in [9.17, 15) is 0 Å². The number of hydrogen-bond donors (Lipinski definition) is 1. The minimum absolute atomic E-state index is 0.467. The molecule has 6 heteroatoms. The van der Waals surface area contributed by atoms with Gasteiger partial charge in [0.25, 0.3) is 0 Å². The Kier molecular flexibility index (Phi) is 6.94. The standard InChI is InChI=1S/C20H36N6/c1-17-9-12-25(15-19(17)26-14-10-22-16-26)20(21-2)23-11-13-24(3)18-7-5-4-6-8-18/h10,14,16-19H,4-9,11-13,15H2,1-3H3,(H,21,23). The van der Waals surface area contributed by atoms with Gasteiger partial charge in [-0.3, -0.25) is 4.99 Å². The molecule has 1 aromatic heterocycles. The first-order valence-electron chi connectivity index (χ1n) is 10.3. The van der Waals surface area contributed by atoms with Crippen molar-refractivity contribution in [2.24, 2.45) is 10.9 Å². The molecule has 2 fully saturated rings. The molecule has 1 aliphatic carbocycles. The molecular formula is C20H36N6. The summed E-state index contributed by atoms with van der Waals surface area (Å²) in [7, 11) is 4.18. The first kappa shape index (κ1) is 19.2. The van der Waals surface area contributed by atoms with Gasteiger partial charge >= 0.3 is 0 Å². The number of rotatable bonds is 5. The first-order valence-corrected chi connectivity index (χ1v) is 10.3. The molecule has 146 valence electrons. The average Bonchev–Trinajstić information content (AvgIpc) is 3.21. The topological polar surface area (TPSA) is 48.7 Å². The second-order valence-electron chi connectivity index (χ2n) is 8.04. The number of likely N-dealkylation sites (tertiary alicyclic amines) is 1. The Morgan fingerprint density at radius 3 is 2.77 bits per heavy atom. The zero-order chi connectivity index (χ0) is 18.4. The van der Waals surface area contributed by atoms with Gasteiger partial charge in [0.05, 0.1) is 12.4 Å². The number of hydrogen-bond acceptors (Lipinski definition) is 3. The van der Waals surface area contributed by atoms with Crippen LogP contribution in [-0.2, 0) is 0 Å². The molecule has 0 spiro atoms. The average molecular weight is 361 g/mol. The fraction of sp³-hybridized carbons (Fsp3) is 0.800. The Bertz CT molecular complexity index is 549. The van der Waals surface area contributed by atoms with Gasteiger partial charge in [-0.1, -0.05) is 26.2 Å². The van der Waals surface area contributed by atoms with Gasteiger partial charge in [-0.2, -0.15) is 0 Å². The van der Waals surface area contributed by atoms with Crippen molar-refractivity contribution < 1.29 is 0 Å². The second-order valence-corrected chi connectivity index (χ2v) is 8.04. The van der Waals surface area contributed by atoms with Crippen LogP contribution in [0.5, 0.6) is 0 Å². The summed E-state index contributed by atoms with van der Waals surface area (Å²) < 4.78 is 2.25. The Morgan fingerprint density at radius 1 is 1.27 bits per heavy atom. The van der Waals surface area contributed by atoms with Crippen molar-refractivity contribution in [2.45, 2.75) is 57.5 Å². The largest absolute Gasteiger partial charge is 0.355 e. The van der Waals surface area contributed by atoms with Crippen LogP contribution in [0.4, 0.5) is 0 Å². The van der Waals surface area contributed by atoms with Crippen LogP contribution in [0.15, 0.2) is 23.7 Å². The van der Waals surface area contributed by atoms with Crippen molar-refractivity contribution in [3.8, 4) is 0 Å². The number of aliphatic imine (C=N–C) groups is 1. The molecule has 1 saturated carbocycles. The molecule has 1 N–H and O–H groups in total. The van der Waals surface area contributed by atoms with E-state index in [4.69, 9.17) is 0 Å². The minimum Gasteiger partial charge on any atom is -0.355 e. The maximum absolute atomic E-state index is 4.55. The SMILES string of the molecule is CN=C(NCCN(C)C1CCCCC1)N1CCC(C)C(n2ccnc2)C1. The summed E-state index contributed by atoms with van der Waals surface area (Å²) in [5, 5.41) is 3.60. The Balaban J connectivity index is 1.49. The number of likely N-dealkylation sites (N-methyl/N-ethyl adjacent to an activating group) is 1. The summed E-state index contributed by atoms with van der Waals surface area (Å²) in [5.41, 5.74) is 0. The summed E-state index contributed by atoms with van der Waals surface area (Å²) in [6.07, 6.45) is 14.0. The number of piperidine rings is 1. The van der Waals surface area contributed by atoms with Crippen LogP contribution >= 0.6 is 0 Å². The molecule has 2 aliphatic rings. The molecule has 26 heavy (non-hydrogen) atoms. The lowest BCUT2D eigenvalue weighted by Gasteiger charge is -2.39. The van der Waals surface area contributed by atoms with Crippen molar-refractivity contribution >= 4 is 5.96 Å². The third-order valence-corrected chi connectivity index (χ3v) is 6.28. The van der Waals surface area contributed by atoms with E-state index < -0.39 is 0 Å². The van der Waals surface area contributed by atoms with Crippen LogP contribution < -0.4 is 5.32 Å². The van der Waals surface area contributed by atoms with Gasteiger partial charge in [-0.05, 0) is 32.2 Å². The molecule has 2 unspecified atom stereocenters. The maximum Gasteiger partial charge on any atom is 0.193 e. The number of guanidine groups is 1. The van der Waals surface area contributed by atoms with E-state index in [2.05, 4.69) is 49.8 Å². The lowest BCUT2D eigenvalue weighted by molar-refractivity contribution is 0.183. The van der Waals surface area contributed by atoms with Crippen LogP contribution in [-0.4, -0.2) is 71.6 Å². The smallest absolute Gasteiger partial charge is 0.193 e. The monoisotopic (exact) mass is 360 g/mol. The fourth-order valence-electron chi connectivity index (χ4n) is 4.48. The Morgan fingerprint density at radius 2 is 2.08 bits per heavy atom. The summed E-state index contributed by atoms with van der Waals surface area (Å²) in [6.45, 7) is 6.46. The first-order chi connectivity index (χ1) is 12.7. The van der Waals surface area contributed by atoms with Crippen molar-refractivity contribution in [1.82, 2.24) is 24.7 Å². The zero-order valence-corrected chi connectivity index (χ0v) is 16.8. The number of nitrogens with zero attached hydrogens (tertiary/aromatic N) is 5. The Hall–Kier alpha value is -1.56. The van der Waals surface area contributed by atoms with Crippen LogP contribution in [0.1, 0.15) is 51.5 Å². The molecule has 3 rings (SSSR count). The molecule has 0 bridgehead atoms. The van der Waals surface area contributed by atoms with Crippen molar-refractivity contribution in [1.29, 1.82) is 0 Å². The van der Waals surface area contributed by atoms with Crippen LogP contribution in [0.3, 0.4) is 0 Å². The van der Waals surface area contributed by atoms with Gasteiger partial charge in [0.2, 0.25) is 0 Å². The van der Waals surface area contributed by atoms with E-state index in [1.54, 1.807) is 0 Å². The number of imidazole rings is 1. The molecule has 6 nitrogen and oxygen atoms in total. The normalized spacial score (nSPS) is 25.7. The number of nitrogens with one attached hydrogen (secondary N) is 1. The van der Waals surface area contributed by atoms with Crippen molar-refractivity contribution in [3.63, 3.8) is 0 Å². The van der Waals surface area contributed by atoms with E-state index in [0.29, 0.717) is 12.0 Å². The lowest BCUT2D eigenvalue weighted by atomic mass is 9.93. The molecule has 2 atom stereocenters. The van der Waals surface area contributed by atoms with E-state index in [-0.39, 0.29) is 0 Å². The van der Waals surface area contributed by atoms with E-state index in [1.165, 1.54) is 38.5 Å². The molecule has 1 aromatic rings. The van der Waals surface area contributed by atoms with Crippen molar-refractivity contribution in [3.05, 3.63) is 18.7 Å². The molecular weight excluding hydrogens is 324 g/mol. The third-order valence-electron chi connectivity index (χ3n) is 6.28. The molecule has 0 amide bonds. The number of aromatic nitrogens is 2. The van der Waals surface area contributed by atoms with Crippen LogP contribution in [0.2, 0.25) is 0 Å². The molecule has 2 heterocycles. The van der Waals surface area contributed by atoms with Crippen molar-refractivity contribution in [2.75, 3.05) is 40.3 Å². The second kappa shape index (κ2) is 9.40.